The third-order valence-corrected chi connectivity index (χ3v) is 12.7. The van der Waals surface area contributed by atoms with Gasteiger partial charge in [0.15, 0.2) is 6.29 Å². The van der Waals surface area contributed by atoms with E-state index in [1.165, 1.54) is 18.9 Å². The minimum atomic E-state index is -1.93. The van der Waals surface area contributed by atoms with E-state index in [2.05, 4.69) is 26.6 Å². The molecule has 0 radical (unpaired) electrons. The van der Waals surface area contributed by atoms with Crippen molar-refractivity contribution in [2.75, 3.05) is 46.4 Å². The van der Waals surface area contributed by atoms with Crippen molar-refractivity contribution in [3.63, 3.8) is 0 Å². The van der Waals surface area contributed by atoms with Crippen LogP contribution in [0.5, 0.6) is 0 Å². The van der Waals surface area contributed by atoms with E-state index in [0.29, 0.717) is 25.1 Å². The number of amides is 6. The van der Waals surface area contributed by atoms with Crippen LogP contribution in [-0.4, -0.2) is 225 Å². The van der Waals surface area contributed by atoms with E-state index < -0.39 is 156 Å². The van der Waals surface area contributed by atoms with Crippen LogP contribution in [0.1, 0.15) is 136 Å². The fourth-order valence-electron chi connectivity index (χ4n) is 9.20. The summed E-state index contributed by atoms with van der Waals surface area (Å²) in [5.74, 6) is -1.36. The van der Waals surface area contributed by atoms with Crippen molar-refractivity contribution in [2.45, 2.75) is 243 Å². The second kappa shape index (κ2) is 27.6. The Kier molecular flexibility index (Phi) is 23.3. The number of rotatable bonds is 18. The standard InChI is InChI=1S/C54H95N7O20/c1-49(2,3)77-44(67)56-24-30(62)19-18-22-55-25-31-20-21-32(58-45(68)78-50(4,5)6)42(74-31)75-39-34(59-46(69)79-51(7,8)9)23-33(57-41(66)35(63)29-26-61(27-29)48(71)81-53(13,14)15)38(36(39)64)76-43-37(65)40(54(16,72)28-73-43)60(17)47(70)80-52(10,11)12/h20,29-30,32-40,42-43,55,62-65,72H,18-19,21-28H2,1-17H3,(H,56,67)(H,57,66)(H,58,68)(H,59,69)/t30?,32-,33-,34+,35?,36-,37-,38+,39-,40-,42-,43-,54+/m1/s1. The van der Waals surface area contributed by atoms with Crippen molar-refractivity contribution in [3.05, 3.63) is 11.8 Å². The average molecular weight is 1160 g/mol. The van der Waals surface area contributed by atoms with Crippen molar-refractivity contribution in [1.82, 2.24) is 36.4 Å². The molecule has 27 nitrogen and oxygen atoms in total. The number of hydrogen-bond acceptors (Lipinski definition) is 21. The minimum absolute atomic E-state index is 0.0228. The maximum absolute atomic E-state index is 14.2. The van der Waals surface area contributed by atoms with Crippen molar-refractivity contribution in [3.8, 4) is 0 Å². The summed E-state index contributed by atoms with van der Waals surface area (Å²) in [5, 5.41) is 72.4. The predicted molar refractivity (Wildman–Crippen MR) is 290 cm³/mol. The number of aliphatic hydroxyl groups is 5. The fraction of sp³-hybridized carbons (Fsp3) is 0.852. The molecular formula is C54H95N7O20. The first-order valence-electron chi connectivity index (χ1n) is 27.6. The highest BCUT2D eigenvalue weighted by atomic mass is 16.7. The smallest absolute Gasteiger partial charge is 0.410 e. The Morgan fingerprint density at radius 3 is 1.77 bits per heavy atom. The molecule has 10 N–H and O–H groups in total. The van der Waals surface area contributed by atoms with Crippen LogP contribution in [0, 0.1) is 5.92 Å². The highest BCUT2D eigenvalue weighted by Gasteiger charge is 2.55. The molecule has 13 atom stereocenters. The first-order valence-corrected chi connectivity index (χ1v) is 27.6. The van der Waals surface area contributed by atoms with Crippen LogP contribution in [-0.2, 0) is 47.4 Å². The Balaban J connectivity index is 1.69. The molecule has 81 heavy (non-hydrogen) atoms. The van der Waals surface area contributed by atoms with E-state index in [0.717, 1.165) is 4.90 Å². The zero-order valence-electron chi connectivity index (χ0n) is 50.4. The maximum Gasteiger partial charge on any atom is 0.410 e. The van der Waals surface area contributed by atoms with Crippen molar-refractivity contribution < 1.29 is 96.9 Å². The summed E-state index contributed by atoms with van der Waals surface area (Å²) in [7, 11) is 1.31. The van der Waals surface area contributed by atoms with E-state index in [1.54, 1.807) is 110 Å². The first-order chi connectivity index (χ1) is 37.0. The lowest BCUT2D eigenvalue weighted by Gasteiger charge is -2.50. The van der Waals surface area contributed by atoms with Crippen molar-refractivity contribution >= 4 is 36.4 Å². The molecule has 3 heterocycles. The average Bonchev–Trinajstić information content (AvgIpc) is 3.28. The SMILES string of the molecule is CN(C(=O)OC(C)(C)C)[C@@H]1[C@@H](O)[C@@H](O[C@@H]2[C@@H](O)[C@H](O[C@H]3OC(CNCCCC(O)CNC(=O)OC(C)(C)C)=CC[C@H]3NC(=O)OC(C)(C)C)[C@@H](NC(=O)OC(C)(C)C)C[C@H]2NC(=O)C(O)C2CN(C(=O)OC(C)(C)C)C2)OC[C@]1(C)O. The number of ether oxygens (including phenoxy) is 9. The summed E-state index contributed by atoms with van der Waals surface area (Å²) < 4.78 is 52.9. The maximum atomic E-state index is 14.2. The molecule has 1 saturated carbocycles. The van der Waals surface area contributed by atoms with E-state index >= 15 is 0 Å². The third kappa shape index (κ3) is 22.3. The van der Waals surface area contributed by atoms with Gasteiger partial charge in [0.25, 0.3) is 0 Å². The van der Waals surface area contributed by atoms with E-state index in [-0.39, 0.29) is 39.0 Å². The lowest BCUT2D eigenvalue weighted by atomic mass is 9.82. The number of likely N-dealkylation sites (tertiary alicyclic amines) is 1. The van der Waals surface area contributed by atoms with Crippen LogP contribution < -0.4 is 26.6 Å². The number of aliphatic hydroxyl groups excluding tert-OH is 4. The molecule has 3 aliphatic heterocycles. The van der Waals surface area contributed by atoms with Gasteiger partial charge in [-0.2, -0.15) is 0 Å². The van der Waals surface area contributed by atoms with Crippen LogP contribution in [0.15, 0.2) is 11.8 Å². The molecule has 0 bridgehead atoms. The van der Waals surface area contributed by atoms with Gasteiger partial charge in [0.1, 0.15) is 69.9 Å². The number of hydrogen-bond donors (Lipinski definition) is 10. The van der Waals surface area contributed by atoms with Gasteiger partial charge in [-0.05, 0) is 149 Å². The molecule has 6 amide bonds. The van der Waals surface area contributed by atoms with E-state index in [4.69, 9.17) is 42.6 Å². The molecule has 0 aromatic carbocycles. The first kappa shape index (κ1) is 68.5. The Morgan fingerprint density at radius 1 is 0.716 bits per heavy atom. The highest BCUT2D eigenvalue weighted by molar-refractivity contribution is 5.82. The molecular weight excluding hydrogens is 1070 g/mol. The summed E-state index contributed by atoms with van der Waals surface area (Å²) in [5.41, 5.74) is -6.31. The molecule has 27 heteroatoms. The van der Waals surface area contributed by atoms with Gasteiger partial charge in [-0.3, -0.25) is 4.79 Å². The highest BCUT2D eigenvalue weighted by Crippen LogP contribution is 2.35. The number of alkyl carbamates (subject to hydrolysis) is 3. The lowest BCUT2D eigenvalue weighted by Crippen LogP contribution is -2.71. The second-order valence-electron chi connectivity index (χ2n) is 26.4. The summed E-state index contributed by atoms with van der Waals surface area (Å²) >= 11 is 0. The van der Waals surface area contributed by atoms with Crippen LogP contribution in [0.3, 0.4) is 0 Å². The summed E-state index contributed by atoms with van der Waals surface area (Å²) in [6.45, 7) is 26.4. The number of nitrogens with zero attached hydrogens (tertiary/aromatic N) is 2. The zero-order chi connectivity index (χ0) is 61.4. The van der Waals surface area contributed by atoms with Crippen molar-refractivity contribution in [1.29, 1.82) is 0 Å². The van der Waals surface area contributed by atoms with Gasteiger partial charge in [-0.25, -0.2) is 24.0 Å². The van der Waals surface area contributed by atoms with Gasteiger partial charge in [0, 0.05) is 32.6 Å². The Bertz CT molecular complexity index is 2160. The van der Waals surface area contributed by atoms with Gasteiger partial charge in [-0.15, -0.1) is 0 Å². The normalized spacial score (nSPS) is 28.3. The summed E-state index contributed by atoms with van der Waals surface area (Å²) in [6.07, 6.45) is -14.5. The van der Waals surface area contributed by atoms with E-state index in [1.807, 2.05) is 0 Å². The molecule has 2 unspecified atom stereocenters. The zero-order valence-corrected chi connectivity index (χ0v) is 50.4. The molecule has 0 spiro atoms. The van der Waals surface area contributed by atoms with Crippen LogP contribution in [0.2, 0.25) is 0 Å². The Hall–Kier alpha value is -5.00. The van der Waals surface area contributed by atoms with Gasteiger partial charge < -0.3 is 105 Å². The number of carbonyl (C=O) groups excluding carboxylic acids is 6. The van der Waals surface area contributed by atoms with Gasteiger partial charge in [-0.1, -0.05) is 0 Å². The molecule has 3 fully saturated rings. The summed E-state index contributed by atoms with van der Waals surface area (Å²) in [4.78, 5) is 81.8. The third-order valence-electron chi connectivity index (χ3n) is 12.7. The number of nitrogens with one attached hydrogen (secondary N) is 5. The number of carbonyl (C=O) groups is 6. The predicted octanol–water partition coefficient (Wildman–Crippen LogP) is 2.61. The fourth-order valence-corrected chi connectivity index (χ4v) is 9.20. The molecule has 4 rings (SSSR count). The molecule has 0 aromatic heterocycles. The van der Waals surface area contributed by atoms with Crippen LogP contribution >= 0.6 is 0 Å². The molecule has 466 valence electrons. The topological polar surface area (TPSA) is 353 Å². The molecule has 4 aliphatic rings. The second-order valence-corrected chi connectivity index (χ2v) is 26.4. The number of likely N-dealkylation sites (N-methyl/N-ethyl adjacent to an activating group) is 1. The van der Waals surface area contributed by atoms with Gasteiger partial charge >= 0.3 is 30.5 Å². The largest absolute Gasteiger partial charge is 0.466 e. The summed E-state index contributed by atoms with van der Waals surface area (Å²) in [6, 6.07) is -5.10. The molecule has 2 saturated heterocycles. The molecule has 0 aromatic rings. The van der Waals surface area contributed by atoms with Gasteiger partial charge in [0.2, 0.25) is 12.2 Å². The minimum Gasteiger partial charge on any atom is -0.466 e. The van der Waals surface area contributed by atoms with Crippen molar-refractivity contribution in [2.24, 2.45) is 5.92 Å². The Morgan fingerprint density at radius 2 is 1.22 bits per heavy atom. The van der Waals surface area contributed by atoms with E-state index in [9.17, 15) is 54.3 Å². The molecule has 1 aliphatic carbocycles. The van der Waals surface area contributed by atoms with Gasteiger partial charge in [0.05, 0.1) is 43.4 Å². The Labute approximate surface area is 476 Å². The quantitative estimate of drug-likeness (QED) is 0.0696. The monoisotopic (exact) mass is 1160 g/mol. The lowest BCUT2D eigenvalue weighted by molar-refractivity contribution is -0.311. The van der Waals surface area contributed by atoms with Crippen LogP contribution in [0.4, 0.5) is 24.0 Å². The van der Waals surface area contributed by atoms with Crippen LogP contribution in [0.25, 0.3) is 0 Å².